The lowest BCUT2D eigenvalue weighted by molar-refractivity contribution is 0.0681. The van der Waals surface area contributed by atoms with Crippen LogP contribution >= 0.6 is 0 Å². The van der Waals surface area contributed by atoms with E-state index < -0.39 is 64.9 Å². The van der Waals surface area contributed by atoms with Gasteiger partial charge in [0.2, 0.25) is 0 Å². The van der Waals surface area contributed by atoms with E-state index in [1.807, 2.05) is 0 Å². The van der Waals surface area contributed by atoms with Crippen molar-refractivity contribution in [2.75, 3.05) is 0 Å². The summed E-state index contributed by atoms with van der Waals surface area (Å²) in [6.07, 6.45) is 0. The largest absolute Gasteiger partial charge is 0.631 e. The summed E-state index contributed by atoms with van der Waals surface area (Å²) in [5.41, 5.74) is -1.07. The van der Waals surface area contributed by atoms with Crippen molar-refractivity contribution in [1.82, 2.24) is 0 Å². The summed E-state index contributed by atoms with van der Waals surface area (Å²) < 4.78 is 0. The fourth-order valence-corrected chi connectivity index (χ4v) is 1.53. The number of benzene rings is 2. The van der Waals surface area contributed by atoms with E-state index in [9.17, 15) is 9.59 Å². The number of carboxylic acids is 2. The van der Waals surface area contributed by atoms with Crippen molar-refractivity contribution >= 4 is 19.3 Å². The normalized spacial score (nSPS) is 9.25. The van der Waals surface area contributed by atoms with Crippen LogP contribution in [0.1, 0.15) is 20.7 Å². The third kappa shape index (κ3) is 7.57. The van der Waals surface area contributed by atoms with E-state index in [2.05, 4.69) is 0 Å². The minimum absolute atomic E-state index is 0.414. The first-order valence-corrected chi connectivity index (χ1v) is 6.78. The first kappa shape index (κ1) is 24.1. The van der Waals surface area contributed by atoms with Crippen molar-refractivity contribution < 1.29 is 65.5 Å². The van der Waals surface area contributed by atoms with Gasteiger partial charge in [-0.3, -0.25) is 0 Å². The van der Waals surface area contributed by atoms with Crippen LogP contribution in [0.4, 0.5) is 0 Å². The number of rotatable bonds is 2. The van der Waals surface area contributed by atoms with Gasteiger partial charge in [-0.25, -0.2) is 9.59 Å². The summed E-state index contributed by atoms with van der Waals surface area (Å²) in [6.45, 7) is 0. The second kappa shape index (κ2) is 10.3. The monoisotopic (exact) mass is 402 g/mol. The Labute approximate surface area is 155 Å². The summed E-state index contributed by atoms with van der Waals surface area (Å²) in [7, 11) is -2.17. The van der Waals surface area contributed by atoms with Crippen LogP contribution in [0.15, 0.2) is 24.3 Å². The Morgan fingerprint density at radius 3 is 1.07 bits per heavy atom. The topological polar surface area (TPSA) is 257 Å². The van der Waals surface area contributed by atoms with Crippen LogP contribution in [0.3, 0.4) is 0 Å². The number of hydrogen-bond donors (Lipinski definition) is 11. The lowest BCUT2D eigenvalue weighted by atomic mass is 10.2. The van der Waals surface area contributed by atoms with Crippen LogP contribution in [0.5, 0.6) is 34.5 Å². The Morgan fingerprint density at radius 1 is 0.607 bits per heavy atom. The molecule has 14 heteroatoms. The van der Waals surface area contributed by atoms with E-state index in [-0.39, 0.29) is 0 Å². The third-order valence-corrected chi connectivity index (χ3v) is 2.61. The van der Waals surface area contributed by atoms with Crippen molar-refractivity contribution in [2.45, 2.75) is 0 Å². The van der Waals surface area contributed by atoms with E-state index in [1.165, 1.54) is 0 Å². The average Bonchev–Trinajstić information content (AvgIpc) is 2.53. The first-order chi connectivity index (χ1) is 12.8. The zero-order chi connectivity index (χ0) is 22.2. The molecule has 0 aliphatic heterocycles. The molecule has 152 valence electrons. The van der Waals surface area contributed by atoms with Gasteiger partial charge in [0, 0.05) is 12.1 Å². The van der Waals surface area contributed by atoms with E-state index in [0.717, 1.165) is 24.3 Å². The lowest BCUT2D eigenvalue weighted by Gasteiger charge is -2.01. The second-order valence-electron chi connectivity index (χ2n) is 4.68. The van der Waals surface area contributed by atoms with Crippen molar-refractivity contribution in [3.8, 4) is 34.5 Å². The van der Waals surface area contributed by atoms with E-state index in [1.54, 1.807) is 0 Å². The number of hydrogen-bond acceptors (Lipinski definition) is 11. The number of phenols is 6. The van der Waals surface area contributed by atoms with Gasteiger partial charge < -0.3 is 55.9 Å². The predicted octanol–water partition coefficient (Wildman–Crippen LogP) is -1.05. The summed E-state index contributed by atoms with van der Waals surface area (Å²) in [5.74, 6) is -6.48. The lowest BCUT2D eigenvalue weighted by Crippen LogP contribution is -2.07. The van der Waals surface area contributed by atoms with Crippen LogP contribution < -0.4 is 0 Å². The number of carbonyl (C=O) groups is 2. The van der Waals surface area contributed by atoms with E-state index in [0.29, 0.717) is 0 Å². The highest BCUT2D eigenvalue weighted by Crippen LogP contribution is 2.33. The number of phenolic OH excluding ortho intramolecular Hbond substituents is 4. The molecule has 0 aromatic heterocycles. The third-order valence-electron chi connectivity index (χ3n) is 2.61. The first-order valence-electron chi connectivity index (χ1n) is 6.78. The molecular weight excluding hydrogens is 387 g/mol. The molecule has 0 saturated heterocycles. The summed E-state index contributed by atoms with van der Waals surface area (Å²) in [5, 5.41) is 91.6. The fraction of sp³-hybridized carbons (Fsp3) is 0. The van der Waals surface area contributed by atoms with Crippen LogP contribution in [0, 0.1) is 0 Å². The second-order valence-corrected chi connectivity index (χ2v) is 4.68. The molecule has 0 radical (unpaired) electrons. The molecule has 13 nitrogen and oxygen atoms in total. The molecule has 2 aromatic carbocycles. The number of carboxylic acid groups (broad SMARTS) is 2. The fourth-order valence-electron chi connectivity index (χ4n) is 1.53. The smallest absolute Gasteiger partial charge is 0.508 e. The summed E-state index contributed by atoms with van der Waals surface area (Å²) in [6, 6.07) is 3.39. The molecule has 0 heterocycles. The van der Waals surface area contributed by atoms with Crippen LogP contribution in [0.2, 0.25) is 0 Å². The molecule has 2 aromatic rings. The highest BCUT2D eigenvalue weighted by atomic mass is 16.5. The number of aromatic carboxylic acids is 2. The van der Waals surface area contributed by atoms with Crippen molar-refractivity contribution in [2.24, 2.45) is 0 Å². The minimum Gasteiger partial charge on any atom is -0.508 e. The van der Waals surface area contributed by atoms with Gasteiger partial charge >= 0.3 is 19.3 Å². The molecule has 0 spiro atoms. The molecule has 0 atom stereocenters. The quantitative estimate of drug-likeness (QED) is 0.163. The SMILES string of the molecule is O=C(O)c1cc(O)cc(O)c1O.O=C(O)c1cc(O)cc(O)c1O.OB(O)O. The molecule has 0 unspecified atom stereocenters. The predicted molar refractivity (Wildman–Crippen MR) is 89.2 cm³/mol. The van der Waals surface area contributed by atoms with Gasteiger partial charge in [-0.1, -0.05) is 0 Å². The highest BCUT2D eigenvalue weighted by molar-refractivity contribution is 6.30. The maximum Gasteiger partial charge on any atom is 0.631 e. The van der Waals surface area contributed by atoms with Crippen LogP contribution in [-0.4, -0.2) is 75.2 Å². The van der Waals surface area contributed by atoms with Crippen molar-refractivity contribution in [3.63, 3.8) is 0 Å². The van der Waals surface area contributed by atoms with Gasteiger partial charge in [-0.05, 0) is 12.1 Å². The zero-order valence-electron chi connectivity index (χ0n) is 13.6. The van der Waals surface area contributed by atoms with Crippen molar-refractivity contribution in [3.05, 3.63) is 35.4 Å². The number of aromatic hydroxyl groups is 6. The molecule has 0 amide bonds. The molecule has 0 aliphatic rings. The molecular formula is C14H15BO13. The zero-order valence-corrected chi connectivity index (χ0v) is 13.6. The van der Waals surface area contributed by atoms with Crippen molar-refractivity contribution in [1.29, 1.82) is 0 Å². The maximum atomic E-state index is 10.3. The Balaban J connectivity index is 0.000000439. The molecule has 0 fully saturated rings. The molecule has 11 N–H and O–H groups in total. The Morgan fingerprint density at radius 2 is 0.857 bits per heavy atom. The van der Waals surface area contributed by atoms with Gasteiger partial charge in [-0.15, -0.1) is 0 Å². The van der Waals surface area contributed by atoms with Crippen LogP contribution in [-0.2, 0) is 0 Å². The summed E-state index contributed by atoms with van der Waals surface area (Å²) in [4.78, 5) is 20.7. The molecule has 0 aliphatic carbocycles. The van der Waals surface area contributed by atoms with Gasteiger partial charge in [0.05, 0.1) is 0 Å². The highest BCUT2D eigenvalue weighted by Gasteiger charge is 2.15. The molecule has 0 bridgehead atoms. The van der Waals surface area contributed by atoms with Gasteiger partial charge in [0.1, 0.15) is 22.6 Å². The average molecular weight is 402 g/mol. The van der Waals surface area contributed by atoms with Gasteiger partial charge in [0.25, 0.3) is 0 Å². The van der Waals surface area contributed by atoms with E-state index in [4.69, 9.17) is 55.9 Å². The standard InChI is InChI=1S/2C7H6O5.BH3O3/c2*8-3-1-4(7(11)12)6(10)5(9)2-3;2-1(3)4/h2*1-2,8-10H,(H,11,12);2-4H. The maximum absolute atomic E-state index is 10.3. The van der Waals surface area contributed by atoms with Crippen LogP contribution in [0.25, 0.3) is 0 Å². The Hall–Kier alpha value is -3.88. The molecule has 28 heavy (non-hydrogen) atoms. The van der Waals surface area contributed by atoms with Gasteiger partial charge in [-0.2, -0.15) is 0 Å². The molecule has 2 rings (SSSR count). The molecule has 0 saturated carbocycles. The Kier molecular flexibility index (Phi) is 8.89. The van der Waals surface area contributed by atoms with Gasteiger partial charge in [0.15, 0.2) is 23.0 Å². The Bertz CT molecular complexity index is 779. The minimum atomic E-state index is -2.17. The summed E-state index contributed by atoms with van der Waals surface area (Å²) >= 11 is 0. The van der Waals surface area contributed by atoms with E-state index >= 15 is 0 Å².